The average molecular weight is 362 g/mol. The Morgan fingerprint density at radius 2 is 2.12 bits per heavy atom. The summed E-state index contributed by atoms with van der Waals surface area (Å²) in [6, 6.07) is 8.57. The number of rotatable bonds is 5. The van der Waals surface area contributed by atoms with Crippen molar-refractivity contribution in [3.8, 4) is 0 Å². The Balaban J connectivity index is 1.45. The number of amides is 1. The van der Waals surface area contributed by atoms with Crippen LogP contribution >= 0.6 is 11.6 Å². The molecule has 25 heavy (non-hydrogen) atoms. The van der Waals surface area contributed by atoms with Gasteiger partial charge in [0.1, 0.15) is 5.82 Å². The van der Waals surface area contributed by atoms with Crippen LogP contribution in [-0.2, 0) is 17.9 Å². The summed E-state index contributed by atoms with van der Waals surface area (Å²) < 4.78 is 13.9. The van der Waals surface area contributed by atoms with Crippen LogP contribution in [0.25, 0.3) is 0 Å². The van der Waals surface area contributed by atoms with E-state index in [-0.39, 0.29) is 17.6 Å². The van der Waals surface area contributed by atoms with E-state index < -0.39 is 0 Å². The molecule has 0 radical (unpaired) electrons. The molecule has 0 spiro atoms. The fourth-order valence-corrected chi connectivity index (χ4v) is 3.24. The van der Waals surface area contributed by atoms with Crippen LogP contribution < -0.4 is 5.32 Å². The van der Waals surface area contributed by atoms with Crippen LogP contribution in [0.1, 0.15) is 24.0 Å². The van der Waals surface area contributed by atoms with E-state index in [4.69, 9.17) is 11.6 Å². The minimum absolute atomic E-state index is 0.0167. The molecular formula is C19H21ClFN3O. The maximum absolute atomic E-state index is 13.9. The number of nitrogens with zero attached hydrogens (tertiary/aromatic N) is 2. The first-order valence-corrected chi connectivity index (χ1v) is 8.82. The maximum atomic E-state index is 13.9. The smallest absolute Gasteiger partial charge is 0.223 e. The molecule has 2 aromatic rings. The molecule has 3 rings (SSSR count). The molecule has 1 saturated heterocycles. The molecule has 6 heteroatoms. The van der Waals surface area contributed by atoms with Gasteiger partial charge in [0.2, 0.25) is 5.91 Å². The predicted octanol–water partition coefficient (Wildman–Crippen LogP) is 3.40. The van der Waals surface area contributed by atoms with Crippen molar-refractivity contribution < 1.29 is 9.18 Å². The predicted molar refractivity (Wildman–Crippen MR) is 95.5 cm³/mol. The number of hydrogen-bond donors (Lipinski definition) is 1. The normalized spacial score (nSPS) is 15.9. The molecule has 0 atom stereocenters. The molecule has 0 aliphatic carbocycles. The van der Waals surface area contributed by atoms with Crippen molar-refractivity contribution in [1.29, 1.82) is 0 Å². The van der Waals surface area contributed by atoms with Gasteiger partial charge in [0, 0.05) is 42.0 Å². The lowest BCUT2D eigenvalue weighted by atomic mass is 9.95. The Labute approximate surface area is 152 Å². The Kier molecular flexibility index (Phi) is 6.00. The van der Waals surface area contributed by atoms with Crippen LogP contribution in [0.2, 0.25) is 5.02 Å². The first-order valence-electron chi connectivity index (χ1n) is 8.45. The Morgan fingerprint density at radius 3 is 2.80 bits per heavy atom. The first kappa shape index (κ1) is 17.8. The van der Waals surface area contributed by atoms with E-state index in [0.717, 1.165) is 31.5 Å². The van der Waals surface area contributed by atoms with Gasteiger partial charge < -0.3 is 5.32 Å². The number of aromatic nitrogens is 1. The zero-order chi connectivity index (χ0) is 17.6. The fraction of sp³-hybridized carbons (Fsp3) is 0.368. The summed E-state index contributed by atoms with van der Waals surface area (Å²) in [5.41, 5.74) is 1.63. The fourth-order valence-electron chi connectivity index (χ4n) is 3.08. The maximum Gasteiger partial charge on any atom is 0.223 e. The molecule has 4 nitrogen and oxygen atoms in total. The lowest BCUT2D eigenvalue weighted by molar-refractivity contribution is -0.126. The summed E-state index contributed by atoms with van der Waals surface area (Å²) in [7, 11) is 0. The molecule has 1 aliphatic rings. The third kappa shape index (κ3) is 5.00. The number of piperidine rings is 1. The SMILES string of the molecule is O=C(NCc1cccnc1)C1CCN(Cc2ccc(Cl)cc2F)CC1. The second-order valence-electron chi connectivity index (χ2n) is 6.37. The number of hydrogen-bond acceptors (Lipinski definition) is 3. The number of carbonyl (C=O) groups is 1. The van der Waals surface area contributed by atoms with E-state index >= 15 is 0 Å². The van der Waals surface area contributed by atoms with Gasteiger partial charge in [0.05, 0.1) is 0 Å². The lowest BCUT2D eigenvalue weighted by Gasteiger charge is -2.31. The quantitative estimate of drug-likeness (QED) is 0.887. The molecule has 1 aromatic carbocycles. The average Bonchev–Trinajstić information content (AvgIpc) is 2.63. The lowest BCUT2D eigenvalue weighted by Crippen LogP contribution is -2.40. The highest BCUT2D eigenvalue weighted by molar-refractivity contribution is 6.30. The molecule has 1 amide bonds. The molecule has 0 saturated carbocycles. The highest BCUT2D eigenvalue weighted by Gasteiger charge is 2.25. The van der Waals surface area contributed by atoms with Crippen LogP contribution in [0.4, 0.5) is 4.39 Å². The zero-order valence-electron chi connectivity index (χ0n) is 13.9. The molecule has 0 bridgehead atoms. The summed E-state index contributed by atoms with van der Waals surface area (Å²) >= 11 is 5.79. The van der Waals surface area contributed by atoms with Crippen molar-refractivity contribution in [2.75, 3.05) is 13.1 Å². The molecule has 132 valence electrons. The van der Waals surface area contributed by atoms with Crippen molar-refractivity contribution in [1.82, 2.24) is 15.2 Å². The van der Waals surface area contributed by atoms with Crippen LogP contribution in [0.5, 0.6) is 0 Å². The minimum Gasteiger partial charge on any atom is -0.352 e. The number of likely N-dealkylation sites (tertiary alicyclic amines) is 1. The van der Waals surface area contributed by atoms with Gasteiger partial charge in [-0.25, -0.2) is 4.39 Å². The van der Waals surface area contributed by atoms with Crippen LogP contribution in [0.3, 0.4) is 0 Å². The molecule has 1 fully saturated rings. The highest BCUT2D eigenvalue weighted by atomic mass is 35.5. The topological polar surface area (TPSA) is 45.2 Å². The van der Waals surface area contributed by atoms with Gasteiger partial charge in [-0.3, -0.25) is 14.7 Å². The summed E-state index contributed by atoms with van der Waals surface area (Å²) in [6.45, 7) is 2.62. The van der Waals surface area contributed by atoms with Crippen LogP contribution in [0, 0.1) is 11.7 Å². The van der Waals surface area contributed by atoms with Gasteiger partial charge in [0.25, 0.3) is 0 Å². The standard InChI is InChI=1S/C19H21ClFN3O/c20-17-4-3-16(18(21)10-17)13-24-8-5-15(6-9-24)19(25)23-12-14-2-1-7-22-11-14/h1-4,7,10-11,15H,5-6,8-9,12-13H2,(H,23,25). The van der Waals surface area contributed by atoms with Crippen LogP contribution in [-0.4, -0.2) is 28.9 Å². The number of carbonyl (C=O) groups excluding carboxylic acids is 1. The Bertz CT molecular complexity index is 718. The van der Waals surface area contributed by atoms with Crippen molar-refractivity contribution in [3.05, 3.63) is 64.7 Å². The highest BCUT2D eigenvalue weighted by Crippen LogP contribution is 2.21. The minimum atomic E-state index is -0.274. The van der Waals surface area contributed by atoms with E-state index in [1.165, 1.54) is 6.07 Å². The molecule has 1 N–H and O–H groups in total. The van der Waals surface area contributed by atoms with Gasteiger partial charge >= 0.3 is 0 Å². The van der Waals surface area contributed by atoms with Crippen LogP contribution in [0.15, 0.2) is 42.7 Å². The van der Waals surface area contributed by atoms with Crippen molar-refractivity contribution in [2.45, 2.75) is 25.9 Å². The molecule has 2 heterocycles. The van der Waals surface area contributed by atoms with E-state index in [1.807, 2.05) is 12.1 Å². The summed E-state index contributed by atoms with van der Waals surface area (Å²) in [5.74, 6) is -0.173. The zero-order valence-corrected chi connectivity index (χ0v) is 14.7. The van der Waals surface area contributed by atoms with Gasteiger partial charge in [-0.15, -0.1) is 0 Å². The second kappa shape index (κ2) is 8.41. The number of pyridine rings is 1. The number of halogens is 2. The number of nitrogens with one attached hydrogen (secondary N) is 1. The molecular weight excluding hydrogens is 341 g/mol. The Morgan fingerprint density at radius 1 is 1.32 bits per heavy atom. The number of benzene rings is 1. The summed E-state index contributed by atoms with van der Waals surface area (Å²) in [5, 5.41) is 3.38. The van der Waals surface area contributed by atoms with E-state index in [0.29, 0.717) is 23.7 Å². The second-order valence-corrected chi connectivity index (χ2v) is 6.80. The van der Waals surface area contributed by atoms with Crippen molar-refractivity contribution in [2.24, 2.45) is 5.92 Å². The largest absolute Gasteiger partial charge is 0.352 e. The molecule has 1 aliphatic heterocycles. The van der Waals surface area contributed by atoms with Gasteiger partial charge in [-0.05, 0) is 49.7 Å². The van der Waals surface area contributed by atoms with Gasteiger partial charge in [-0.2, -0.15) is 0 Å². The Hall–Kier alpha value is -1.98. The van der Waals surface area contributed by atoms with Gasteiger partial charge in [0.15, 0.2) is 0 Å². The van der Waals surface area contributed by atoms with Gasteiger partial charge in [-0.1, -0.05) is 23.7 Å². The van der Waals surface area contributed by atoms with Crippen molar-refractivity contribution >= 4 is 17.5 Å². The monoisotopic (exact) mass is 361 g/mol. The summed E-state index contributed by atoms with van der Waals surface area (Å²) in [6.07, 6.45) is 5.04. The molecule has 1 aromatic heterocycles. The van der Waals surface area contributed by atoms with E-state index in [1.54, 1.807) is 24.5 Å². The molecule has 0 unspecified atom stereocenters. The third-order valence-electron chi connectivity index (χ3n) is 4.56. The summed E-state index contributed by atoms with van der Waals surface area (Å²) in [4.78, 5) is 18.5. The first-order chi connectivity index (χ1) is 12.1. The van der Waals surface area contributed by atoms with Crippen molar-refractivity contribution in [3.63, 3.8) is 0 Å². The van der Waals surface area contributed by atoms with E-state index in [9.17, 15) is 9.18 Å². The third-order valence-corrected chi connectivity index (χ3v) is 4.79. The van der Waals surface area contributed by atoms with E-state index in [2.05, 4.69) is 15.2 Å².